The minimum absolute atomic E-state index is 0.186. The van der Waals surface area contributed by atoms with Crippen LogP contribution in [0.2, 0.25) is 0 Å². The maximum absolute atomic E-state index is 11.8. The summed E-state index contributed by atoms with van der Waals surface area (Å²) in [5.74, 6) is 0.605. The number of nitrogens with two attached hydrogens (primary N) is 1. The van der Waals surface area contributed by atoms with Gasteiger partial charge in [0.05, 0.1) is 0 Å². The molecule has 0 aromatic heterocycles. The number of rotatable bonds is 2. The largest absolute Gasteiger partial charge is 0.338 e. The first kappa shape index (κ1) is 10.7. The maximum Gasteiger partial charge on any atom is 0.223 e. The Kier molecular flexibility index (Phi) is 3.10. The molecule has 0 aromatic carbocycles. The van der Waals surface area contributed by atoms with E-state index in [0.717, 1.165) is 19.4 Å². The average Bonchev–Trinajstić information content (AvgIpc) is 2.60. The summed E-state index contributed by atoms with van der Waals surface area (Å²) in [6.07, 6.45) is 7.09. The van der Waals surface area contributed by atoms with Crippen LogP contribution < -0.4 is 5.73 Å². The Morgan fingerprint density at radius 3 is 2.73 bits per heavy atom. The lowest BCUT2D eigenvalue weighted by Crippen LogP contribution is -2.50. The third-order valence-corrected chi connectivity index (χ3v) is 3.70. The molecular formula is C12H20N2O. The summed E-state index contributed by atoms with van der Waals surface area (Å²) in [4.78, 5) is 13.8. The molecule has 1 aliphatic carbocycles. The van der Waals surface area contributed by atoms with Crippen LogP contribution in [0.3, 0.4) is 0 Å². The van der Waals surface area contributed by atoms with Gasteiger partial charge in [0.1, 0.15) is 0 Å². The van der Waals surface area contributed by atoms with Crippen molar-refractivity contribution in [1.82, 2.24) is 4.90 Å². The van der Waals surface area contributed by atoms with E-state index in [0.29, 0.717) is 12.3 Å². The minimum Gasteiger partial charge on any atom is -0.338 e. The quantitative estimate of drug-likeness (QED) is 0.695. The van der Waals surface area contributed by atoms with Gasteiger partial charge >= 0.3 is 0 Å². The third-order valence-electron chi connectivity index (χ3n) is 3.70. The highest BCUT2D eigenvalue weighted by molar-refractivity contribution is 5.79. The summed E-state index contributed by atoms with van der Waals surface area (Å²) in [7, 11) is 0. The van der Waals surface area contributed by atoms with Gasteiger partial charge in [-0.1, -0.05) is 18.9 Å². The molecule has 0 spiro atoms. The Labute approximate surface area is 91.3 Å². The Hall–Kier alpha value is -0.830. The van der Waals surface area contributed by atoms with E-state index in [2.05, 4.69) is 6.58 Å². The molecule has 0 bridgehead atoms. The molecule has 3 atom stereocenters. The first-order valence-corrected chi connectivity index (χ1v) is 5.90. The molecule has 0 radical (unpaired) electrons. The van der Waals surface area contributed by atoms with Gasteiger partial charge < -0.3 is 10.6 Å². The van der Waals surface area contributed by atoms with Crippen LogP contribution in [0.25, 0.3) is 0 Å². The van der Waals surface area contributed by atoms with Gasteiger partial charge in [-0.2, -0.15) is 0 Å². The zero-order valence-corrected chi connectivity index (χ0v) is 9.19. The fraction of sp³-hybridized carbons (Fsp3) is 0.750. The molecular weight excluding hydrogens is 188 g/mol. The molecule has 2 rings (SSSR count). The Morgan fingerprint density at radius 2 is 2.13 bits per heavy atom. The van der Waals surface area contributed by atoms with Crippen LogP contribution in [0.5, 0.6) is 0 Å². The van der Waals surface area contributed by atoms with Gasteiger partial charge in [0, 0.05) is 31.0 Å². The van der Waals surface area contributed by atoms with Crippen LogP contribution in [-0.4, -0.2) is 29.4 Å². The molecule has 3 nitrogen and oxygen atoms in total. The van der Waals surface area contributed by atoms with Crippen LogP contribution in [0.1, 0.15) is 32.1 Å². The van der Waals surface area contributed by atoms with Crippen molar-refractivity contribution in [2.75, 3.05) is 6.54 Å². The zero-order valence-electron chi connectivity index (χ0n) is 9.19. The van der Waals surface area contributed by atoms with Crippen LogP contribution in [0.15, 0.2) is 12.7 Å². The van der Waals surface area contributed by atoms with Crippen LogP contribution in [0.4, 0.5) is 0 Å². The molecule has 1 aliphatic heterocycles. The molecule has 2 N–H and O–H groups in total. The highest BCUT2D eigenvalue weighted by Crippen LogP contribution is 2.28. The van der Waals surface area contributed by atoms with Crippen LogP contribution in [0, 0.1) is 5.92 Å². The molecule has 2 aliphatic rings. The van der Waals surface area contributed by atoms with Crippen molar-refractivity contribution in [1.29, 1.82) is 0 Å². The van der Waals surface area contributed by atoms with E-state index in [4.69, 9.17) is 5.73 Å². The van der Waals surface area contributed by atoms with E-state index in [-0.39, 0.29) is 18.0 Å². The number of hydrogen-bond acceptors (Lipinski definition) is 2. The van der Waals surface area contributed by atoms with E-state index < -0.39 is 0 Å². The smallest absolute Gasteiger partial charge is 0.223 e. The van der Waals surface area contributed by atoms with Crippen molar-refractivity contribution >= 4 is 5.91 Å². The minimum atomic E-state index is 0.186. The van der Waals surface area contributed by atoms with Gasteiger partial charge in [0.2, 0.25) is 5.91 Å². The summed E-state index contributed by atoms with van der Waals surface area (Å²) in [6, 6.07) is 0.475. The molecule has 3 heteroatoms. The van der Waals surface area contributed by atoms with E-state index in [1.807, 2.05) is 11.0 Å². The summed E-state index contributed by atoms with van der Waals surface area (Å²) in [6.45, 7) is 4.60. The fourth-order valence-electron chi connectivity index (χ4n) is 2.77. The second-order valence-corrected chi connectivity index (χ2v) is 4.76. The first-order valence-electron chi connectivity index (χ1n) is 5.90. The standard InChI is InChI=1S/C12H20N2O/c1-2-9-7-12(15)14(8-9)11-6-4-3-5-10(11)13/h2,9-11H,1,3-8,13H2/t9?,10-,11+/m1/s1. The van der Waals surface area contributed by atoms with Gasteiger partial charge in [-0.25, -0.2) is 0 Å². The predicted octanol–water partition coefficient (Wildman–Crippen LogP) is 1.29. The van der Waals surface area contributed by atoms with Crippen LogP contribution >= 0.6 is 0 Å². The molecule has 1 saturated heterocycles. The van der Waals surface area contributed by atoms with Crippen molar-refractivity contribution in [2.45, 2.75) is 44.2 Å². The Balaban J connectivity index is 2.03. The number of nitrogens with zero attached hydrogens (tertiary/aromatic N) is 1. The van der Waals surface area contributed by atoms with E-state index in [1.165, 1.54) is 12.8 Å². The van der Waals surface area contributed by atoms with E-state index in [9.17, 15) is 4.79 Å². The number of carbonyl (C=O) groups is 1. The number of hydrogen-bond donors (Lipinski definition) is 1. The van der Waals surface area contributed by atoms with Gasteiger partial charge in [-0.05, 0) is 12.8 Å². The van der Waals surface area contributed by atoms with Crippen molar-refractivity contribution in [3.8, 4) is 0 Å². The monoisotopic (exact) mass is 208 g/mol. The molecule has 1 saturated carbocycles. The third kappa shape index (κ3) is 2.07. The number of likely N-dealkylation sites (tertiary alicyclic amines) is 1. The predicted molar refractivity (Wildman–Crippen MR) is 60.2 cm³/mol. The lowest BCUT2D eigenvalue weighted by molar-refractivity contribution is -0.130. The van der Waals surface area contributed by atoms with Crippen molar-refractivity contribution < 1.29 is 4.79 Å². The van der Waals surface area contributed by atoms with E-state index in [1.54, 1.807) is 0 Å². The van der Waals surface area contributed by atoms with E-state index >= 15 is 0 Å². The lowest BCUT2D eigenvalue weighted by Gasteiger charge is -2.36. The summed E-state index contributed by atoms with van der Waals surface area (Å²) in [5, 5.41) is 0. The molecule has 1 unspecified atom stereocenters. The SMILES string of the molecule is C=CC1CC(=O)N([C@H]2CCCC[C@H]2N)C1. The summed E-state index contributed by atoms with van der Waals surface area (Å²) >= 11 is 0. The fourth-order valence-corrected chi connectivity index (χ4v) is 2.77. The molecule has 1 amide bonds. The molecule has 2 fully saturated rings. The average molecular weight is 208 g/mol. The van der Waals surface area contributed by atoms with Gasteiger partial charge in [-0.3, -0.25) is 4.79 Å². The molecule has 1 heterocycles. The highest BCUT2D eigenvalue weighted by atomic mass is 16.2. The lowest BCUT2D eigenvalue weighted by atomic mass is 9.90. The molecule has 0 aromatic rings. The molecule has 15 heavy (non-hydrogen) atoms. The Bertz CT molecular complexity index is 264. The number of amides is 1. The normalized spacial score (nSPS) is 37.0. The first-order chi connectivity index (χ1) is 7.22. The second-order valence-electron chi connectivity index (χ2n) is 4.76. The Morgan fingerprint density at radius 1 is 1.40 bits per heavy atom. The number of carbonyl (C=O) groups excluding carboxylic acids is 1. The molecule has 84 valence electrons. The summed E-state index contributed by atoms with van der Waals surface area (Å²) < 4.78 is 0. The van der Waals surface area contributed by atoms with Gasteiger partial charge in [0.25, 0.3) is 0 Å². The topological polar surface area (TPSA) is 46.3 Å². The highest BCUT2D eigenvalue weighted by Gasteiger charge is 2.36. The maximum atomic E-state index is 11.8. The zero-order chi connectivity index (χ0) is 10.8. The summed E-state index contributed by atoms with van der Waals surface area (Å²) in [5.41, 5.74) is 6.09. The van der Waals surface area contributed by atoms with Crippen molar-refractivity contribution in [3.63, 3.8) is 0 Å². The van der Waals surface area contributed by atoms with Gasteiger partial charge in [0.15, 0.2) is 0 Å². The van der Waals surface area contributed by atoms with Crippen molar-refractivity contribution in [3.05, 3.63) is 12.7 Å². The van der Waals surface area contributed by atoms with Crippen LogP contribution in [-0.2, 0) is 4.79 Å². The second kappa shape index (κ2) is 4.35. The van der Waals surface area contributed by atoms with Crippen molar-refractivity contribution in [2.24, 2.45) is 11.7 Å². The van der Waals surface area contributed by atoms with Gasteiger partial charge in [-0.15, -0.1) is 6.58 Å².